The molecule has 1 heterocycles. The van der Waals surface area contributed by atoms with Crippen molar-refractivity contribution < 1.29 is 14.4 Å². The molecule has 17 heavy (non-hydrogen) atoms. The molecule has 0 radical (unpaired) electrons. The fraction of sp³-hybridized carbons (Fsp3) is 0.667. The predicted octanol–water partition coefficient (Wildman–Crippen LogP) is 2.05. The van der Waals surface area contributed by atoms with Gasteiger partial charge in [0.05, 0.1) is 12.7 Å². The highest BCUT2D eigenvalue weighted by Gasteiger charge is 2.18. The second kappa shape index (κ2) is 6.39. The molecule has 0 saturated carbocycles. The van der Waals surface area contributed by atoms with Gasteiger partial charge in [-0.25, -0.2) is 0 Å². The van der Waals surface area contributed by atoms with Crippen LogP contribution in [0.1, 0.15) is 38.9 Å². The Morgan fingerprint density at radius 3 is 2.88 bits per heavy atom. The number of nitrogens with one attached hydrogen (secondary N) is 1. The van der Waals surface area contributed by atoms with E-state index in [0.717, 1.165) is 18.7 Å². The molecule has 0 bridgehead atoms. The molecule has 96 valence electrons. The van der Waals surface area contributed by atoms with Crippen molar-refractivity contribution in [1.82, 2.24) is 10.5 Å². The molecule has 1 aromatic heterocycles. The van der Waals surface area contributed by atoms with Gasteiger partial charge in [-0.1, -0.05) is 19.0 Å². The standard InChI is InChI=1S/C12H20N2O3/c1-12(2,5-3-11(15)16)6-8-13-9-10-4-7-14-17-10/h4,7,13H,3,5-6,8-9H2,1-2H3,(H,15,16). The number of hydrogen-bond acceptors (Lipinski definition) is 4. The minimum absolute atomic E-state index is 0.0484. The van der Waals surface area contributed by atoms with Crippen molar-refractivity contribution in [2.24, 2.45) is 5.41 Å². The third-order valence-corrected chi connectivity index (χ3v) is 2.78. The number of carboxylic acids is 1. The summed E-state index contributed by atoms with van der Waals surface area (Å²) < 4.78 is 4.95. The molecule has 0 atom stereocenters. The van der Waals surface area contributed by atoms with Gasteiger partial charge in [0.15, 0.2) is 0 Å². The van der Waals surface area contributed by atoms with Crippen molar-refractivity contribution in [2.45, 2.75) is 39.7 Å². The molecule has 0 fully saturated rings. The number of carbonyl (C=O) groups is 1. The second-order valence-electron chi connectivity index (χ2n) is 4.96. The molecule has 2 N–H and O–H groups in total. The first-order valence-electron chi connectivity index (χ1n) is 5.82. The van der Waals surface area contributed by atoms with Gasteiger partial charge in [0, 0.05) is 12.5 Å². The van der Waals surface area contributed by atoms with E-state index < -0.39 is 5.97 Å². The number of rotatable bonds is 8. The number of aromatic nitrogens is 1. The minimum atomic E-state index is -0.729. The third-order valence-electron chi connectivity index (χ3n) is 2.78. The van der Waals surface area contributed by atoms with E-state index in [9.17, 15) is 4.79 Å². The van der Waals surface area contributed by atoms with E-state index in [1.807, 2.05) is 6.07 Å². The van der Waals surface area contributed by atoms with Gasteiger partial charge in [0.1, 0.15) is 5.76 Å². The summed E-state index contributed by atoms with van der Waals surface area (Å²) in [6, 6.07) is 1.82. The van der Waals surface area contributed by atoms with Crippen LogP contribution in [0.2, 0.25) is 0 Å². The summed E-state index contributed by atoms with van der Waals surface area (Å²) in [6.07, 6.45) is 3.49. The van der Waals surface area contributed by atoms with Crippen LogP contribution in [0.3, 0.4) is 0 Å². The molecule has 1 rings (SSSR count). The van der Waals surface area contributed by atoms with Crippen molar-refractivity contribution in [3.63, 3.8) is 0 Å². The fourth-order valence-corrected chi connectivity index (χ4v) is 1.54. The van der Waals surface area contributed by atoms with Crippen LogP contribution in [0, 0.1) is 5.41 Å². The number of hydrogen-bond donors (Lipinski definition) is 2. The lowest BCUT2D eigenvalue weighted by molar-refractivity contribution is -0.137. The van der Waals surface area contributed by atoms with Gasteiger partial charge < -0.3 is 14.9 Å². The Morgan fingerprint density at radius 1 is 1.53 bits per heavy atom. The molecule has 5 heteroatoms. The van der Waals surface area contributed by atoms with Crippen molar-refractivity contribution in [3.8, 4) is 0 Å². The van der Waals surface area contributed by atoms with E-state index in [4.69, 9.17) is 9.63 Å². The summed E-state index contributed by atoms with van der Waals surface area (Å²) in [7, 11) is 0. The van der Waals surface area contributed by atoms with E-state index in [1.165, 1.54) is 0 Å². The summed E-state index contributed by atoms with van der Waals surface area (Å²) in [4.78, 5) is 10.5. The lowest BCUT2D eigenvalue weighted by atomic mass is 9.84. The lowest BCUT2D eigenvalue weighted by Crippen LogP contribution is -2.22. The first-order valence-corrected chi connectivity index (χ1v) is 5.82. The molecular weight excluding hydrogens is 220 g/mol. The molecule has 5 nitrogen and oxygen atoms in total. The zero-order chi connectivity index (χ0) is 12.7. The zero-order valence-electron chi connectivity index (χ0n) is 10.4. The van der Waals surface area contributed by atoms with Gasteiger partial charge in [0.2, 0.25) is 0 Å². The third kappa shape index (κ3) is 6.06. The first-order chi connectivity index (χ1) is 7.99. The van der Waals surface area contributed by atoms with E-state index in [1.54, 1.807) is 6.20 Å². The van der Waals surface area contributed by atoms with Crippen LogP contribution in [0.25, 0.3) is 0 Å². The summed E-state index contributed by atoms with van der Waals surface area (Å²) in [6.45, 7) is 5.68. The van der Waals surface area contributed by atoms with Crippen molar-refractivity contribution in [3.05, 3.63) is 18.0 Å². The van der Waals surface area contributed by atoms with E-state index in [0.29, 0.717) is 13.0 Å². The fourth-order valence-electron chi connectivity index (χ4n) is 1.54. The van der Waals surface area contributed by atoms with Crippen LogP contribution < -0.4 is 5.32 Å². The number of carboxylic acid groups (broad SMARTS) is 1. The topological polar surface area (TPSA) is 75.4 Å². The molecule has 0 spiro atoms. The summed E-state index contributed by atoms with van der Waals surface area (Å²) in [5.41, 5.74) is 0.0484. The Morgan fingerprint density at radius 2 is 2.29 bits per heavy atom. The normalized spacial score (nSPS) is 11.6. The monoisotopic (exact) mass is 240 g/mol. The van der Waals surface area contributed by atoms with E-state index in [-0.39, 0.29) is 11.8 Å². The van der Waals surface area contributed by atoms with Crippen LogP contribution in [0.4, 0.5) is 0 Å². The van der Waals surface area contributed by atoms with Crippen LogP contribution in [-0.2, 0) is 11.3 Å². The van der Waals surface area contributed by atoms with Crippen molar-refractivity contribution in [2.75, 3.05) is 6.54 Å². The molecule has 0 aliphatic heterocycles. The minimum Gasteiger partial charge on any atom is -0.481 e. The molecule has 0 unspecified atom stereocenters. The smallest absolute Gasteiger partial charge is 0.303 e. The Bertz CT molecular complexity index is 334. The van der Waals surface area contributed by atoms with Gasteiger partial charge in [-0.15, -0.1) is 0 Å². The van der Waals surface area contributed by atoms with Crippen LogP contribution >= 0.6 is 0 Å². The highest BCUT2D eigenvalue weighted by Crippen LogP contribution is 2.25. The molecule has 1 aromatic rings. The highest BCUT2D eigenvalue weighted by molar-refractivity contribution is 5.66. The Labute approximate surface area is 101 Å². The van der Waals surface area contributed by atoms with Crippen LogP contribution in [0.15, 0.2) is 16.8 Å². The van der Waals surface area contributed by atoms with Crippen molar-refractivity contribution >= 4 is 5.97 Å². The maximum absolute atomic E-state index is 10.5. The summed E-state index contributed by atoms with van der Waals surface area (Å²) >= 11 is 0. The molecule has 0 aliphatic carbocycles. The van der Waals surface area contributed by atoms with Crippen LogP contribution in [0.5, 0.6) is 0 Å². The Kier molecular flexibility index (Phi) is 5.15. The summed E-state index contributed by atoms with van der Waals surface area (Å²) in [5, 5.41) is 15.5. The predicted molar refractivity (Wildman–Crippen MR) is 63.5 cm³/mol. The maximum Gasteiger partial charge on any atom is 0.303 e. The summed E-state index contributed by atoms with van der Waals surface area (Å²) in [5.74, 6) is 0.0843. The number of aliphatic carboxylic acids is 1. The van der Waals surface area contributed by atoms with Gasteiger partial charge in [0.25, 0.3) is 0 Å². The lowest BCUT2D eigenvalue weighted by Gasteiger charge is -2.23. The maximum atomic E-state index is 10.5. The van der Waals surface area contributed by atoms with Gasteiger partial charge >= 0.3 is 5.97 Å². The molecular formula is C12H20N2O3. The SMILES string of the molecule is CC(C)(CCNCc1ccno1)CCC(=O)O. The van der Waals surface area contributed by atoms with Gasteiger partial charge in [-0.05, 0) is 24.8 Å². The molecule has 0 saturated heterocycles. The van der Waals surface area contributed by atoms with Crippen LogP contribution in [-0.4, -0.2) is 22.8 Å². The quantitative estimate of drug-likeness (QED) is 0.680. The molecule has 0 amide bonds. The zero-order valence-corrected chi connectivity index (χ0v) is 10.4. The second-order valence-corrected chi connectivity index (χ2v) is 4.96. The average molecular weight is 240 g/mol. The molecule has 0 aliphatic rings. The van der Waals surface area contributed by atoms with E-state index in [2.05, 4.69) is 24.3 Å². The van der Waals surface area contributed by atoms with Gasteiger partial charge in [-0.2, -0.15) is 0 Å². The molecule has 0 aromatic carbocycles. The largest absolute Gasteiger partial charge is 0.481 e. The number of nitrogens with zero attached hydrogens (tertiary/aromatic N) is 1. The van der Waals surface area contributed by atoms with Crippen molar-refractivity contribution in [1.29, 1.82) is 0 Å². The van der Waals surface area contributed by atoms with E-state index >= 15 is 0 Å². The Hall–Kier alpha value is -1.36. The average Bonchev–Trinajstić information content (AvgIpc) is 2.75. The Balaban J connectivity index is 2.14. The van der Waals surface area contributed by atoms with Gasteiger partial charge in [-0.3, -0.25) is 4.79 Å². The first kappa shape index (κ1) is 13.7. The highest BCUT2D eigenvalue weighted by atomic mass is 16.5.